The highest BCUT2D eigenvalue weighted by Gasteiger charge is 2.53. The number of anilines is 1. The summed E-state index contributed by atoms with van der Waals surface area (Å²) < 4.78 is 66.8. The Morgan fingerprint density at radius 3 is 2.70 bits per heavy atom. The number of ether oxygens (including phenoxy) is 2. The van der Waals surface area contributed by atoms with Gasteiger partial charge in [-0.3, -0.25) is 4.98 Å². The summed E-state index contributed by atoms with van der Waals surface area (Å²) in [6, 6.07) is 3.46. The van der Waals surface area contributed by atoms with Crippen LogP contribution in [0.3, 0.4) is 0 Å². The van der Waals surface area contributed by atoms with Crippen molar-refractivity contribution in [3.05, 3.63) is 42.0 Å². The van der Waals surface area contributed by atoms with E-state index in [1.165, 1.54) is 35.8 Å². The standard InChI is InChI=1S/C21H23F4N5O3/c1-3-33-20(2,21(23,24)25)12-4-5-14(26-9-12)16-8-13(22)17-10-27-19(29-30(16)17)28-15-6-7-32-11-18(15)31/h4-5,8-10,15,18,31H,3,6-7,11H2,1-2H3,(H,28,29)/t15-,18-,20?/m1/s1. The van der Waals surface area contributed by atoms with Crippen molar-refractivity contribution < 1.29 is 32.1 Å². The van der Waals surface area contributed by atoms with Gasteiger partial charge in [-0.15, -0.1) is 5.10 Å². The molecule has 0 radical (unpaired) electrons. The molecule has 12 heteroatoms. The molecule has 33 heavy (non-hydrogen) atoms. The summed E-state index contributed by atoms with van der Waals surface area (Å²) in [5, 5.41) is 17.4. The smallest absolute Gasteiger partial charge is 0.389 e. The molecule has 0 saturated carbocycles. The number of aromatic nitrogens is 4. The third-order valence-electron chi connectivity index (χ3n) is 5.66. The van der Waals surface area contributed by atoms with Crippen LogP contribution in [0.15, 0.2) is 30.6 Å². The molecule has 3 aromatic rings. The second-order valence-electron chi connectivity index (χ2n) is 7.83. The molecular formula is C21H23F4N5O3. The minimum Gasteiger partial charge on any atom is -0.389 e. The van der Waals surface area contributed by atoms with E-state index in [2.05, 4.69) is 20.4 Å². The second kappa shape index (κ2) is 8.84. The molecule has 1 saturated heterocycles. The van der Waals surface area contributed by atoms with Gasteiger partial charge in [0.05, 0.1) is 36.3 Å². The molecule has 4 rings (SSSR count). The summed E-state index contributed by atoms with van der Waals surface area (Å²) in [6.07, 6.45) is -2.52. The second-order valence-corrected chi connectivity index (χ2v) is 7.83. The van der Waals surface area contributed by atoms with Gasteiger partial charge in [-0.2, -0.15) is 13.2 Å². The number of halogens is 4. The van der Waals surface area contributed by atoms with Crippen LogP contribution in [0.4, 0.5) is 23.5 Å². The first-order valence-corrected chi connectivity index (χ1v) is 10.4. The highest BCUT2D eigenvalue weighted by Crippen LogP contribution is 2.42. The van der Waals surface area contributed by atoms with Crippen LogP contribution in [-0.4, -0.2) is 62.8 Å². The van der Waals surface area contributed by atoms with Gasteiger partial charge < -0.3 is 19.9 Å². The van der Waals surface area contributed by atoms with Crippen LogP contribution in [0.1, 0.15) is 25.8 Å². The minimum atomic E-state index is -4.65. The topological polar surface area (TPSA) is 93.8 Å². The van der Waals surface area contributed by atoms with Crippen LogP contribution in [0.25, 0.3) is 16.9 Å². The Morgan fingerprint density at radius 1 is 1.27 bits per heavy atom. The quantitative estimate of drug-likeness (QED) is 0.535. The molecule has 3 atom stereocenters. The molecule has 1 aliphatic heterocycles. The maximum Gasteiger partial charge on any atom is 0.421 e. The molecule has 3 aromatic heterocycles. The first-order chi connectivity index (χ1) is 15.6. The lowest BCUT2D eigenvalue weighted by Gasteiger charge is -2.31. The molecule has 0 bridgehead atoms. The molecule has 8 nitrogen and oxygen atoms in total. The van der Waals surface area contributed by atoms with Crippen LogP contribution in [-0.2, 0) is 15.1 Å². The molecule has 1 unspecified atom stereocenters. The zero-order valence-corrected chi connectivity index (χ0v) is 17.9. The van der Waals surface area contributed by atoms with Crippen LogP contribution >= 0.6 is 0 Å². The number of alkyl halides is 3. The van der Waals surface area contributed by atoms with E-state index in [4.69, 9.17) is 9.47 Å². The van der Waals surface area contributed by atoms with Crippen LogP contribution in [0, 0.1) is 5.82 Å². The third kappa shape index (κ3) is 4.37. The van der Waals surface area contributed by atoms with Crippen molar-refractivity contribution in [1.29, 1.82) is 0 Å². The van der Waals surface area contributed by atoms with E-state index in [0.717, 1.165) is 13.1 Å². The Hall–Kier alpha value is -2.83. The molecule has 2 N–H and O–H groups in total. The summed E-state index contributed by atoms with van der Waals surface area (Å²) in [6.45, 7) is 2.93. The maximum atomic E-state index is 14.5. The molecule has 178 valence electrons. The normalized spacial score (nSPS) is 21.2. The zero-order chi connectivity index (χ0) is 23.8. The largest absolute Gasteiger partial charge is 0.421 e. The first kappa shape index (κ1) is 23.3. The van der Waals surface area contributed by atoms with Crippen molar-refractivity contribution >= 4 is 11.5 Å². The van der Waals surface area contributed by atoms with Gasteiger partial charge >= 0.3 is 6.18 Å². The SMILES string of the molecule is CCOC(C)(c1ccc(-c2cc(F)c3cnc(N[C@@H]4CCOC[C@H]4O)nn23)nc1)C(F)(F)F. The van der Waals surface area contributed by atoms with Crippen molar-refractivity contribution in [2.75, 3.05) is 25.1 Å². The van der Waals surface area contributed by atoms with Gasteiger partial charge in [-0.1, -0.05) is 6.07 Å². The molecule has 0 amide bonds. The van der Waals surface area contributed by atoms with Gasteiger partial charge in [0.25, 0.3) is 0 Å². The molecule has 1 fully saturated rings. The van der Waals surface area contributed by atoms with Gasteiger partial charge in [0.15, 0.2) is 11.4 Å². The first-order valence-electron chi connectivity index (χ1n) is 10.4. The Kier molecular flexibility index (Phi) is 6.25. The van der Waals surface area contributed by atoms with Gasteiger partial charge in [0.2, 0.25) is 5.95 Å². The van der Waals surface area contributed by atoms with Crippen LogP contribution < -0.4 is 5.32 Å². The fraction of sp³-hybridized carbons (Fsp3) is 0.476. The molecular weight excluding hydrogens is 446 g/mol. The number of hydrogen-bond donors (Lipinski definition) is 2. The Balaban J connectivity index is 1.68. The van der Waals surface area contributed by atoms with Crippen molar-refractivity contribution in [2.45, 2.75) is 44.2 Å². The minimum absolute atomic E-state index is 0.0726. The van der Waals surface area contributed by atoms with Gasteiger partial charge in [0, 0.05) is 31.0 Å². The molecule has 4 heterocycles. The maximum absolute atomic E-state index is 14.5. The van der Waals surface area contributed by atoms with Gasteiger partial charge in [0.1, 0.15) is 5.52 Å². The van der Waals surface area contributed by atoms with Crippen molar-refractivity contribution in [1.82, 2.24) is 19.6 Å². The Morgan fingerprint density at radius 2 is 2.06 bits per heavy atom. The van der Waals surface area contributed by atoms with Crippen molar-refractivity contribution in [3.8, 4) is 11.4 Å². The monoisotopic (exact) mass is 469 g/mol. The lowest BCUT2D eigenvalue weighted by atomic mass is 9.96. The molecule has 0 aliphatic carbocycles. The number of rotatable bonds is 6. The fourth-order valence-electron chi connectivity index (χ4n) is 3.70. The number of pyridine rings is 1. The van der Waals surface area contributed by atoms with Crippen molar-refractivity contribution in [3.63, 3.8) is 0 Å². The van der Waals surface area contributed by atoms with Crippen molar-refractivity contribution in [2.24, 2.45) is 0 Å². The summed E-state index contributed by atoms with van der Waals surface area (Å²) in [5.74, 6) is -0.453. The summed E-state index contributed by atoms with van der Waals surface area (Å²) in [5.41, 5.74) is -2.17. The van der Waals surface area contributed by atoms with Gasteiger partial charge in [-0.25, -0.2) is 13.9 Å². The number of aliphatic hydroxyl groups excluding tert-OH is 1. The Labute approximate surface area is 186 Å². The lowest BCUT2D eigenvalue weighted by molar-refractivity contribution is -0.276. The summed E-state index contributed by atoms with van der Waals surface area (Å²) in [7, 11) is 0. The van der Waals surface area contributed by atoms with Crippen LogP contribution in [0.5, 0.6) is 0 Å². The highest BCUT2D eigenvalue weighted by molar-refractivity contribution is 5.64. The zero-order valence-electron chi connectivity index (χ0n) is 17.9. The summed E-state index contributed by atoms with van der Waals surface area (Å²) in [4.78, 5) is 8.23. The number of nitrogens with zero attached hydrogens (tertiary/aromatic N) is 4. The van der Waals surface area contributed by atoms with E-state index < -0.39 is 23.7 Å². The molecule has 1 aliphatic rings. The van der Waals surface area contributed by atoms with Gasteiger partial charge in [-0.05, 0) is 26.3 Å². The third-order valence-corrected chi connectivity index (χ3v) is 5.66. The number of nitrogens with one attached hydrogen (secondary N) is 1. The predicted molar refractivity (Wildman–Crippen MR) is 110 cm³/mol. The average molecular weight is 469 g/mol. The van der Waals surface area contributed by atoms with E-state index in [0.29, 0.717) is 13.0 Å². The molecule has 0 aromatic carbocycles. The average Bonchev–Trinajstić information content (AvgIpc) is 3.11. The highest BCUT2D eigenvalue weighted by atomic mass is 19.4. The summed E-state index contributed by atoms with van der Waals surface area (Å²) >= 11 is 0. The van der Waals surface area contributed by atoms with E-state index >= 15 is 0 Å². The molecule has 0 spiro atoms. The van der Waals surface area contributed by atoms with E-state index in [1.807, 2.05) is 0 Å². The fourth-order valence-corrected chi connectivity index (χ4v) is 3.70. The number of aliphatic hydroxyl groups is 1. The van der Waals surface area contributed by atoms with E-state index in [-0.39, 0.29) is 47.7 Å². The number of fused-ring (bicyclic) bond motifs is 1. The van der Waals surface area contributed by atoms with E-state index in [1.54, 1.807) is 0 Å². The lowest BCUT2D eigenvalue weighted by Crippen LogP contribution is -2.42. The predicted octanol–water partition coefficient (Wildman–Crippen LogP) is 3.31. The van der Waals surface area contributed by atoms with Crippen LogP contribution in [0.2, 0.25) is 0 Å². The Bertz CT molecular complexity index is 1120. The van der Waals surface area contributed by atoms with E-state index in [9.17, 15) is 22.7 Å². The number of hydrogen-bond acceptors (Lipinski definition) is 7.